The van der Waals surface area contributed by atoms with Gasteiger partial charge in [-0.2, -0.15) is 13.2 Å². The van der Waals surface area contributed by atoms with E-state index in [1.807, 2.05) is 0 Å². The van der Waals surface area contributed by atoms with Crippen LogP contribution >= 0.6 is 11.8 Å². The standard InChI is InChI=1S/C12H15F3N2O2S2/c13-12(14,15)20-7-6-17-21(18,19)10-4-3-9-2-1-5-16-11(9)8-10/h3-4,8,16-17H,1-2,5-7H2. The van der Waals surface area contributed by atoms with Crippen molar-refractivity contribution < 1.29 is 21.6 Å². The molecule has 0 spiro atoms. The van der Waals surface area contributed by atoms with Crippen LogP contribution in [0.25, 0.3) is 0 Å². The first kappa shape index (κ1) is 16.4. The van der Waals surface area contributed by atoms with Crippen LogP contribution in [0.3, 0.4) is 0 Å². The molecule has 0 atom stereocenters. The summed E-state index contributed by atoms with van der Waals surface area (Å²) in [5, 5.41) is 3.12. The largest absolute Gasteiger partial charge is 0.441 e. The summed E-state index contributed by atoms with van der Waals surface area (Å²) in [5.74, 6) is -0.355. The highest BCUT2D eigenvalue weighted by molar-refractivity contribution is 8.00. The van der Waals surface area contributed by atoms with Crippen LogP contribution < -0.4 is 10.0 Å². The van der Waals surface area contributed by atoms with Crippen molar-refractivity contribution in [2.24, 2.45) is 0 Å². The fraction of sp³-hybridized carbons (Fsp3) is 0.500. The van der Waals surface area contributed by atoms with E-state index in [9.17, 15) is 21.6 Å². The second-order valence-corrected chi connectivity index (χ2v) is 7.47. The average Bonchev–Trinajstić information content (AvgIpc) is 2.42. The van der Waals surface area contributed by atoms with Gasteiger partial charge in [0, 0.05) is 24.5 Å². The molecular weight excluding hydrogens is 325 g/mol. The lowest BCUT2D eigenvalue weighted by molar-refractivity contribution is -0.0327. The summed E-state index contributed by atoms with van der Waals surface area (Å²) in [5.41, 5.74) is -2.53. The van der Waals surface area contributed by atoms with Gasteiger partial charge in [0.2, 0.25) is 10.0 Å². The van der Waals surface area contributed by atoms with Gasteiger partial charge in [-0.05, 0) is 42.3 Å². The van der Waals surface area contributed by atoms with E-state index in [-0.39, 0.29) is 29.0 Å². The lowest BCUT2D eigenvalue weighted by atomic mass is 10.0. The Bertz CT molecular complexity index is 603. The molecule has 1 aromatic carbocycles. The van der Waals surface area contributed by atoms with Gasteiger partial charge in [-0.15, -0.1) is 0 Å². The van der Waals surface area contributed by atoms with Crippen LogP contribution in [0.1, 0.15) is 12.0 Å². The SMILES string of the molecule is O=S(=O)(NCCSC(F)(F)F)c1ccc2c(c1)NCCC2. The second kappa shape index (κ2) is 6.45. The smallest absolute Gasteiger partial charge is 0.385 e. The third kappa shape index (κ3) is 4.79. The molecule has 1 aliphatic rings. The molecular formula is C12H15F3N2O2S2. The van der Waals surface area contributed by atoms with Crippen molar-refractivity contribution in [3.05, 3.63) is 23.8 Å². The van der Waals surface area contributed by atoms with Crippen molar-refractivity contribution in [3.63, 3.8) is 0 Å². The molecule has 1 aromatic rings. The van der Waals surface area contributed by atoms with Gasteiger partial charge in [-0.25, -0.2) is 13.1 Å². The molecule has 4 nitrogen and oxygen atoms in total. The monoisotopic (exact) mass is 340 g/mol. The zero-order valence-electron chi connectivity index (χ0n) is 11.0. The molecule has 2 rings (SSSR count). The molecule has 1 aliphatic heterocycles. The molecule has 0 saturated heterocycles. The highest BCUT2D eigenvalue weighted by Gasteiger charge is 2.27. The third-order valence-corrected chi connectivity index (χ3v) is 5.18. The molecule has 0 aliphatic carbocycles. The van der Waals surface area contributed by atoms with Crippen LogP contribution in [0.4, 0.5) is 18.9 Å². The van der Waals surface area contributed by atoms with E-state index in [0.717, 1.165) is 30.6 Å². The zero-order valence-corrected chi connectivity index (χ0v) is 12.7. The highest BCUT2D eigenvalue weighted by atomic mass is 32.2. The van der Waals surface area contributed by atoms with Crippen molar-refractivity contribution >= 4 is 27.5 Å². The minimum Gasteiger partial charge on any atom is -0.385 e. The molecule has 9 heteroatoms. The third-order valence-electron chi connectivity index (χ3n) is 2.99. The Morgan fingerprint density at radius 1 is 1.33 bits per heavy atom. The maximum Gasteiger partial charge on any atom is 0.441 e. The van der Waals surface area contributed by atoms with Gasteiger partial charge in [-0.3, -0.25) is 0 Å². The molecule has 2 N–H and O–H groups in total. The Morgan fingerprint density at radius 2 is 2.10 bits per heavy atom. The fourth-order valence-corrected chi connectivity index (χ4v) is 3.66. The quantitative estimate of drug-likeness (QED) is 0.809. The van der Waals surface area contributed by atoms with Gasteiger partial charge in [0.25, 0.3) is 0 Å². The minimum absolute atomic E-state index is 0.0626. The Labute approximate surface area is 125 Å². The van der Waals surface area contributed by atoms with Crippen molar-refractivity contribution in [2.75, 3.05) is 24.2 Å². The second-order valence-electron chi connectivity index (χ2n) is 4.54. The number of hydrogen-bond acceptors (Lipinski definition) is 4. The number of sulfonamides is 1. The van der Waals surface area contributed by atoms with Gasteiger partial charge in [0.15, 0.2) is 0 Å². The van der Waals surface area contributed by atoms with E-state index in [2.05, 4.69) is 10.0 Å². The summed E-state index contributed by atoms with van der Waals surface area (Å²) in [6.07, 6.45) is 1.88. The van der Waals surface area contributed by atoms with Crippen molar-refractivity contribution in [1.82, 2.24) is 4.72 Å². The molecule has 0 amide bonds. The molecule has 0 radical (unpaired) electrons. The van der Waals surface area contributed by atoms with E-state index in [4.69, 9.17) is 0 Å². The first-order chi connectivity index (χ1) is 9.78. The predicted octanol–water partition coefficient (Wildman–Crippen LogP) is 2.58. The van der Waals surface area contributed by atoms with E-state index >= 15 is 0 Å². The average molecular weight is 340 g/mol. The van der Waals surface area contributed by atoms with Crippen molar-refractivity contribution in [1.29, 1.82) is 0 Å². The summed E-state index contributed by atoms with van der Waals surface area (Å²) in [7, 11) is -3.78. The first-order valence-corrected chi connectivity index (χ1v) is 8.82. The van der Waals surface area contributed by atoms with Crippen LogP contribution in [0.2, 0.25) is 0 Å². The molecule has 0 bridgehead atoms. The van der Waals surface area contributed by atoms with Gasteiger partial charge in [0.1, 0.15) is 0 Å². The summed E-state index contributed by atoms with van der Waals surface area (Å²) in [6, 6.07) is 4.74. The number of anilines is 1. The Balaban J connectivity index is 1.99. The number of aryl methyl sites for hydroxylation is 1. The number of alkyl halides is 3. The number of fused-ring (bicyclic) bond motifs is 1. The van der Waals surface area contributed by atoms with Crippen molar-refractivity contribution in [2.45, 2.75) is 23.2 Å². The van der Waals surface area contributed by atoms with Gasteiger partial charge < -0.3 is 5.32 Å². The first-order valence-electron chi connectivity index (χ1n) is 6.35. The number of benzene rings is 1. The highest BCUT2D eigenvalue weighted by Crippen LogP contribution is 2.29. The Kier molecular flexibility index (Phi) is 5.05. The van der Waals surface area contributed by atoms with Crippen LogP contribution in [-0.4, -0.2) is 32.8 Å². The predicted molar refractivity (Wildman–Crippen MR) is 77.0 cm³/mol. The van der Waals surface area contributed by atoms with Gasteiger partial charge >= 0.3 is 5.51 Å². The van der Waals surface area contributed by atoms with Crippen LogP contribution in [0, 0.1) is 0 Å². The molecule has 0 unspecified atom stereocenters. The van der Waals surface area contributed by atoms with E-state index < -0.39 is 15.5 Å². The molecule has 118 valence electrons. The Hall–Kier alpha value is -0.930. The van der Waals surface area contributed by atoms with E-state index in [1.54, 1.807) is 6.07 Å². The lowest BCUT2D eigenvalue weighted by Gasteiger charge is -2.18. The molecule has 0 saturated carbocycles. The van der Waals surface area contributed by atoms with Crippen LogP contribution in [0.15, 0.2) is 23.1 Å². The minimum atomic E-state index is -4.35. The number of hydrogen-bond donors (Lipinski definition) is 2. The normalized spacial score (nSPS) is 15.4. The number of nitrogens with one attached hydrogen (secondary N) is 2. The van der Waals surface area contributed by atoms with E-state index in [1.165, 1.54) is 12.1 Å². The maximum atomic E-state index is 12.0. The van der Waals surface area contributed by atoms with E-state index in [0.29, 0.717) is 0 Å². The molecule has 21 heavy (non-hydrogen) atoms. The molecule has 1 heterocycles. The number of halogens is 3. The maximum absolute atomic E-state index is 12.0. The van der Waals surface area contributed by atoms with Gasteiger partial charge in [-0.1, -0.05) is 6.07 Å². The molecule has 0 fully saturated rings. The fourth-order valence-electron chi connectivity index (χ4n) is 2.03. The zero-order chi connectivity index (χ0) is 15.5. The topological polar surface area (TPSA) is 58.2 Å². The van der Waals surface area contributed by atoms with Crippen LogP contribution in [0.5, 0.6) is 0 Å². The summed E-state index contributed by atoms with van der Waals surface area (Å²) in [4.78, 5) is 0.0626. The Morgan fingerprint density at radius 3 is 2.81 bits per heavy atom. The van der Waals surface area contributed by atoms with Gasteiger partial charge in [0.05, 0.1) is 4.90 Å². The van der Waals surface area contributed by atoms with Crippen LogP contribution in [-0.2, 0) is 16.4 Å². The summed E-state index contributed by atoms with van der Waals surface area (Å²) >= 11 is -0.247. The summed E-state index contributed by atoms with van der Waals surface area (Å²) in [6.45, 7) is 0.517. The lowest BCUT2D eigenvalue weighted by Crippen LogP contribution is -2.27. The number of thioether (sulfide) groups is 1. The number of rotatable bonds is 5. The summed E-state index contributed by atoms with van der Waals surface area (Å²) < 4.78 is 62.1. The molecule has 0 aromatic heterocycles. The van der Waals surface area contributed by atoms with Crippen molar-refractivity contribution in [3.8, 4) is 0 Å².